The maximum atomic E-state index is 10.3. The standard InChI is InChI=1S/C15H23Cl2NO2/c1-11(2)18(9-10-20-3)8-7-14(19)12-5-4-6-13(16)15(12)17/h4-6,11,14,19H,7-10H2,1-3H3. The van der Waals surface area contributed by atoms with E-state index in [9.17, 15) is 5.11 Å². The van der Waals surface area contributed by atoms with Crippen LogP contribution in [0, 0.1) is 0 Å². The van der Waals surface area contributed by atoms with Gasteiger partial charge in [-0.15, -0.1) is 0 Å². The minimum absolute atomic E-state index is 0.409. The second kappa shape index (κ2) is 8.85. The van der Waals surface area contributed by atoms with Gasteiger partial charge in [0.2, 0.25) is 0 Å². The van der Waals surface area contributed by atoms with Crippen LogP contribution in [0.5, 0.6) is 0 Å². The van der Waals surface area contributed by atoms with E-state index in [-0.39, 0.29) is 0 Å². The molecule has 1 unspecified atom stereocenters. The van der Waals surface area contributed by atoms with Crippen LogP contribution in [0.4, 0.5) is 0 Å². The van der Waals surface area contributed by atoms with Crippen molar-refractivity contribution in [2.45, 2.75) is 32.4 Å². The van der Waals surface area contributed by atoms with Crippen molar-refractivity contribution in [1.82, 2.24) is 4.90 Å². The molecular formula is C15H23Cl2NO2. The largest absolute Gasteiger partial charge is 0.388 e. The second-order valence-corrected chi connectivity index (χ2v) is 5.86. The van der Waals surface area contributed by atoms with Gasteiger partial charge in [-0.25, -0.2) is 0 Å². The molecule has 0 bridgehead atoms. The maximum Gasteiger partial charge on any atom is 0.0817 e. The monoisotopic (exact) mass is 319 g/mol. The molecule has 1 N–H and O–H groups in total. The molecular weight excluding hydrogens is 297 g/mol. The van der Waals surface area contributed by atoms with Crippen molar-refractivity contribution < 1.29 is 9.84 Å². The molecule has 0 heterocycles. The van der Waals surface area contributed by atoms with Crippen LogP contribution < -0.4 is 0 Å². The Balaban J connectivity index is 2.60. The van der Waals surface area contributed by atoms with Gasteiger partial charge in [0.25, 0.3) is 0 Å². The summed E-state index contributed by atoms with van der Waals surface area (Å²) < 4.78 is 5.11. The lowest BCUT2D eigenvalue weighted by atomic mass is 10.1. The lowest BCUT2D eigenvalue weighted by Gasteiger charge is -2.27. The molecule has 1 atom stereocenters. The zero-order valence-corrected chi connectivity index (χ0v) is 13.8. The van der Waals surface area contributed by atoms with Gasteiger partial charge >= 0.3 is 0 Å². The Morgan fingerprint density at radius 2 is 1.95 bits per heavy atom. The van der Waals surface area contributed by atoms with Crippen molar-refractivity contribution >= 4 is 23.2 Å². The van der Waals surface area contributed by atoms with E-state index < -0.39 is 6.10 Å². The minimum Gasteiger partial charge on any atom is -0.388 e. The van der Waals surface area contributed by atoms with Gasteiger partial charge in [-0.05, 0) is 26.3 Å². The highest BCUT2D eigenvalue weighted by molar-refractivity contribution is 6.42. The van der Waals surface area contributed by atoms with Crippen LogP contribution in [0.3, 0.4) is 0 Å². The van der Waals surface area contributed by atoms with Gasteiger partial charge in [0.05, 0.1) is 22.8 Å². The molecule has 0 aliphatic heterocycles. The summed E-state index contributed by atoms with van der Waals surface area (Å²) in [6.45, 7) is 6.59. The molecule has 5 heteroatoms. The molecule has 0 saturated carbocycles. The van der Waals surface area contributed by atoms with Crippen LogP contribution in [0.2, 0.25) is 10.0 Å². The molecule has 0 aliphatic carbocycles. The molecule has 1 aromatic rings. The molecule has 1 rings (SSSR count). The van der Waals surface area contributed by atoms with Crippen molar-refractivity contribution in [3.63, 3.8) is 0 Å². The van der Waals surface area contributed by atoms with Gasteiger partial charge < -0.3 is 9.84 Å². The normalized spacial score (nSPS) is 13.2. The molecule has 0 saturated heterocycles. The average Bonchev–Trinajstić information content (AvgIpc) is 2.41. The summed E-state index contributed by atoms with van der Waals surface area (Å²) in [5.74, 6) is 0. The number of hydrogen-bond donors (Lipinski definition) is 1. The Bertz CT molecular complexity index is 413. The van der Waals surface area contributed by atoms with Crippen molar-refractivity contribution in [3.8, 4) is 0 Å². The van der Waals surface area contributed by atoms with Gasteiger partial charge in [0.1, 0.15) is 0 Å². The number of aliphatic hydroxyl groups is 1. The zero-order chi connectivity index (χ0) is 15.1. The first-order valence-corrected chi connectivity index (χ1v) is 7.58. The average molecular weight is 320 g/mol. The van der Waals surface area contributed by atoms with Crippen LogP contribution >= 0.6 is 23.2 Å². The molecule has 0 radical (unpaired) electrons. The third-order valence-corrected chi connectivity index (χ3v) is 4.18. The Kier molecular flexibility index (Phi) is 7.85. The molecule has 0 aliphatic rings. The van der Waals surface area contributed by atoms with Crippen molar-refractivity contribution in [2.75, 3.05) is 26.8 Å². The fourth-order valence-corrected chi connectivity index (χ4v) is 2.49. The van der Waals surface area contributed by atoms with Crippen LogP contribution in [0.25, 0.3) is 0 Å². The summed E-state index contributed by atoms with van der Waals surface area (Å²) in [5.41, 5.74) is 0.689. The first-order valence-electron chi connectivity index (χ1n) is 6.82. The number of aliphatic hydroxyl groups excluding tert-OH is 1. The van der Waals surface area contributed by atoms with Gasteiger partial charge in [-0.3, -0.25) is 4.90 Å². The van der Waals surface area contributed by atoms with Gasteiger partial charge in [-0.1, -0.05) is 35.3 Å². The fraction of sp³-hybridized carbons (Fsp3) is 0.600. The molecule has 0 spiro atoms. The second-order valence-electron chi connectivity index (χ2n) is 5.07. The topological polar surface area (TPSA) is 32.7 Å². The maximum absolute atomic E-state index is 10.3. The lowest BCUT2D eigenvalue weighted by molar-refractivity contribution is 0.102. The molecule has 20 heavy (non-hydrogen) atoms. The quantitative estimate of drug-likeness (QED) is 0.791. The number of rotatable bonds is 8. The number of ether oxygens (including phenoxy) is 1. The highest BCUT2D eigenvalue weighted by Crippen LogP contribution is 2.31. The van der Waals surface area contributed by atoms with Crippen LogP contribution in [0.15, 0.2) is 18.2 Å². The zero-order valence-electron chi connectivity index (χ0n) is 12.3. The predicted molar refractivity (Wildman–Crippen MR) is 84.6 cm³/mol. The molecule has 0 aromatic heterocycles. The highest BCUT2D eigenvalue weighted by Gasteiger charge is 2.16. The van der Waals surface area contributed by atoms with E-state index in [0.717, 1.165) is 13.1 Å². The van der Waals surface area contributed by atoms with Crippen LogP contribution in [0.1, 0.15) is 31.9 Å². The summed E-state index contributed by atoms with van der Waals surface area (Å²) in [7, 11) is 1.69. The van der Waals surface area contributed by atoms with E-state index in [2.05, 4.69) is 18.7 Å². The van der Waals surface area contributed by atoms with Crippen LogP contribution in [-0.4, -0.2) is 42.9 Å². The SMILES string of the molecule is COCCN(CCC(O)c1cccc(Cl)c1Cl)C(C)C. The molecule has 114 valence electrons. The van der Waals surface area contributed by atoms with E-state index in [4.69, 9.17) is 27.9 Å². The number of benzene rings is 1. The first-order chi connectivity index (χ1) is 9.47. The number of hydrogen-bond acceptors (Lipinski definition) is 3. The van der Waals surface area contributed by atoms with Crippen molar-refractivity contribution in [1.29, 1.82) is 0 Å². The predicted octanol–water partition coefficient (Wildman–Crippen LogP) is 3.77. The first kappa shape index (κ1) is 17.7. The number of halogens is 2. The number of nitrogens with zero attached hydrogens (tertiary/aromatic N) is 1. The van der Waals surface area contributed by atoms with Gasteiger partial charge in [0, 0.05) is 31.8 Å². The summed E-state index contributed by atoms with van der Waals surface area (Å²) in [6, 6.07) is 5.75. The van der Waals surface area contributed by atoms with Gasteiger partial charge in [0.15, 0.2) is 0 Å². The Hall–Kier alpha value is -0.320. The summed E-state index contributed by atoms with van der Waals surface area (Å²) in [6.07, 6.45) is 0.00657. The third kappa shape index (κ3) is 5.23. The van der Waals surface area contributed by atoms with Gasteiger partial charge in [-0.2, -0.15) is 0 Å². The van der Waals surface area contributed by atoms with Crippen molar-refractivity contribution in [3.05, 3.63) is 33.8 Å². The number of methoxy groups -OCH3 is 1. The van der Waals surface area contributed by atoms with E-state index >= 15 is 0 Å². The highest BCUT2D eigenvalue weighted by atomic mass is 35.5. The summed E-state index contributed by atoms with van der Waals surface area (Å²) >= 11 is 12.1. The summed E-state index contributed by atoms with van der Waals surface area (Å²) in [5, 5.41) is 11.2. The lowest BCUT2D eigenvalue weighted by Crippen LogP contribution is -2.35. The van der Waals surface area contributed by atoms with E-state index in [1.807, 2.05) is 6.07 Å². The Morgan fingerprint density at radius 3 is 2.55 bits per heavy atom. The molecule has 1 aromatic carbocycles. The Morgan fingerprint density at radius 1 is 1.25 bits per heavy atom. The fourth-order valence-electron chi connectivity index (χ4n) is 2.06. The molecule has 3 nitrogen and oxygen atoms in total. The minimum atomic E-state index is -0.606. The molecule has 0 amide bonds. The van der Waals surface area contributed by atoms with E-state index in [0.29, 0.717) is 34.7 Å². The Labute approximate surface area is 131 Å². The van der Waals surface area contributed by atoms with Crippen molar-refractivity contribution in [2.24, 2.45) is 0 Å². The third-order valence-electron chi connectivity index (χ3n) is 3.34. The van der Waals surface area contributed by atoms with E-state index in [1.165, 1.54) is 0 Å². The van der Waals surface area contributed by atoms with E-state index in [1.54, 1.807) is 19.2 Å². The molecule has 0 fully saturated rings. The smallest absolute Gasteiger partial charge is 0.0817 e. The van der Waals surface area contributed by atoms with Crippen LogP contribution in [-0.2, 0) is 4.74 Å². The summed E-state index contributed by atoms with van der Waals surface area (Å²) in [4.78, 5) is 2.27.